The molecule has 0 saturated heterocycles. The molecule has 1 aromatic rings. The molecule has 0 spiro atoms. The summed E-state index contributed by atoms with van der Waals surface area (Å²) in [6, 6.07) is 9.06. The number of benzene rings is 1. The second-order valence-electron chi connectivity index (χ2n) is 6.38. The van der Waals surface area contributed by atoms with Gasteiger partial charge < -0.3 is 10.1 Å². The van der Waals surface area contributed by atoms with Crippen LogP contribution < -0.4 is 10.1 Å². The molecular weight excluding hydrogens is 246 g/mol. The van der Waals surface area contributed by atoms with E-state index in [1.807, 2.05) is 6.07 Å². The Bertz CT molecular complexity index is 396. The predicted octanol–water partition coefficient (Wildman–Crippen LogP) is 4.53. The minimum absolute atomic E-state index is 0.236. The second-order valence-corrected chi connectivity index (χ2v) is 6.38. The maximum atomic E-state index is 5.75. The van der Waals surface area contributed by atoms with Crippen molar-refractivity contribution in [3.63, 3.8) is 0 Å². The first-order valence-electron chi connectivity index (χ1n) is 8.14. The molecule has 0 aliphatic heterocycles. The summed E-state index contributed by atoms with van der Waals surface area (Å²) in [6.45, 7) is 7.41. The van der Waals surface area contributed by atoms with E-state index >= 15 is 0 Å². The minimum Gasteiger partial charge on any atom is -0.491 e. The molecule has 20 heavy (non-hydrogen) atoms. The van der Waals surface area contributed by atoms with Crippen molar-refractivity contribution in [3.8, 4) is 5.75 Å². The number of rotatable bonds is 6. The van der Waals surface area contributed by atoms with Crippen molar-refractivity contribution in [1.82, 2.24) is 5.32 Å². The van der Waals surface area contributed by atoms with Crippen LogP contribution in [-0.4, -0.2) is 12.1 Å². The molecule has 0 heterocycles. The fourth-order valence-corrected chi connectivity index (χ4v) is 3.08. The molecule has 1 saturated carbocycles. The Morgan fingerprint density at radius 3 is 2.60 bits per heavy atom. The first-order valence-corrected chi connectivity index (χ1v) is 8.14. The normalized spacial score (nSPS) is 18.2. The second kappa shape index (κ2) is 7.68. The van der Waals surface area contributed by atoms with Gasteiger partial charge >= 0.3 is 0 Å². The molecule has 1 N–H and O–H groups in total. The Labute approximate surface area is 123 Å². The third kappa shape index (κ3) is 4.82. The summed E-state index contributed by atoms with van der Waals surface area (Å²) in [6.07, 6.45) is 7.27. The van der Waals surface area contributed by atoms with Crippen LogP contribution >= 0.6 is 0 Å². The summed E-state index contributed by atoms with van der Waals surface area (Å²) in [5, 5.41) is 3.69. The van der Waals surface area contributed by atoms with Crippen LogP contribution in [0.2, 0.25) is 0 Å². The number of nitrogens with one attached hydrogen (secondary N) is 1. The van der Waals surface area contributed by atoms with E-state index in [2.05, 4.69) is 44.3 Å². The lowest BCUT2D eigenvalue weighted by Gasteiger charge is -2.28. The fraction of sp³-hybridized carbons (Fsp3) is 0.667. The van der Waals surface area contributed by atoms with Crippen LogP contribution in [-0.2, 0) is 6.54 Å². The molecular formula is C18H29NO. The molecule has 1 aliphatic rings. The highest BCUT2D eigenvalue weighted by molar-refractivity contribution is 5.28. The molecule has 0 amide bonds. The summed E-state index contributed by atoms with van der Waals surface area (Å²) in [4.78, 5) is 0. The van der Waals surface area contributed by atoms with Crippen LogP contribution in [0.25, 0.3) is 0 Å². The zero-order chi connectivity index (χ0) is 14.4. The fourth-order valence-electron chi connectivity index (χ4n) is 3.08. The molecule has 0 aromatic heterocycles. The van der Waals surface area contributed by atoms with Gasteiger partial charge in [0.15, 0.2) is 0 Å². The SMILES string of the molecule is CC(C)Oc1cccc(CNC(C)C2CCCCC2)c1. The van der Waals surface area contributed by atoms with E-state index < -0.39 is 0 Å². The number of hydrogen-bond acceptors (Lipinski definition) is 2. The largest absolute Gasteiger partial charge is 0.491 e. The van der Waals surface area contributed by atoms with Crippen molar-refractivity contribution in [2.24, 2.45) is 5.92 Å². The van der Waals surface area contributed by atoms with Gasteiger partial charge in [0.2, 0.25) is 0 Å². The van der Waals surface area contributed by atoms with Gasteiger partial charge in [-0.1, -0.05) is 31.4 Å². The van der Waals surface area contributed by atoms with Crippen molar-refractivity contribution < 1.29 is 4.74 Å². The highest BCUT2D eigenvalue weighted by Gasteiger charge is 2.19. The molecule has 1 fully saturated rings. The van der Waals surface area contributed by atoms with Crippen LogP contribution in [0.4, 0.5) is 0 Å². The molecule has 2 heteroatoms. The third-order valence-electron chi connectivity index (χ3n) is 4.26. The van der Waals surface area contributed by atoms with E-state index in [4.69, 9.17) is 4.74 Å². The Balaban J connectivity index is 1.83. The Hall–Kier alpha value is -1.02. The van der Waals surface area contributed by atoms with Crippen LogP contribution in [0.5, 0.6) is 5.75 Å². The van der Waals surface area contributed by atoms with Gasteiger partial charge in [0.1, 0.15) is 5.75 Å². The predicted molar refractivity (Wildman–Crippen MR) is 85.1 cm³/mol. The molecule has 2 rings (SSSR count). The van der Waals surface area contributed by atoms with Crippen LogP contribution in [0.3, 0.4) is 0 Å². The highest BCUT2D eigenvalue weighted by Crippen LogP contribution is 2.26. The molecule has 1 aromatic carbocycles. The molecule has 112 valence electrons. The van der Waals surface area contributed by atoms with E-state index in [0.717, 1.165) is 18.2 Å². The third-order valence-corrected chi connectivity index (χ3v) is 4.26. The van der Waals surface area contributed by atoms with Crippen molar-refractivity contribution >= 4 is 0 Å². The summed E-state index contributed by atoms with van der Waals surface area (Å²) in [7, 11) is 0. The van der Waals surface area contributed by atoms with Gasteiger partial charge in [-0.3, -0.25) is 0 Å². The highest BCUT2D eigenvalue weighted by atomic mass is 16.5. The van der Waals surface area contributed by atoms with E-state index in [0.29, 0.717) is 6.04 Å². The molecule has 1 aliphatic carbocycles. The average molecular weight is 275 g/mol. The van der Waals surface area contributed by atoms with Crippen LogP contribution in [0.1, 0.15) is 58.4 Å². The smallest absolute Gasteiger partial charge is 0.120 e. The van der Waals surface area contributed by atoms with E-state index in [-0.39, 0.29) is 6.10 Å². The quantitative estimate of drug-likeness (QED) is 0.823. The summed E-state index contributed by atoms with van der Waals surface area (Å²) in [5.74, 6) is 1.84. The lowest BCUT2D eigenvalue weighted by Crippen LogP contribution is -2.34. The Morgan fingerprint density at radius 1 is 1.15 bits per heavy atom. The van der Waals surface area contributed by atoms with E-state index in [1.165, 1.54) is 37.7 Å². The van der Waals surface area contributed by atoms with Gasteiger partial charge in [-0.15, -0.1) is 0 Å². The zero-order valence-electron chi connectivity index (χ0n) is 13.2. The minimum atomic E-state index is 0.236. The molecule has 1 atom stereocenters. The maximum absolute atomic E-state index is 5.75. The van der Waals surface area contributed by atoms with E-state index in [1.54, 1.807) is 0 Å². The lowest BCUT2D eigenvalue weighted by molar-refractivity contribution is 0.242. The van der Waals surface area contributed by atoms with Crippen molar-refractivity contribution in [2.75, 3.05) is 0 Å². The Morgan fingerprint density at radius 2 is 1.90 bits per heavy atom. The van der Waals surface area contributed by atoms with Crippen molar-refractivity contribution in [1.29, 1.82) is 0 Å². The van der Waals surface area contributed by atoms with E-state index in [9.17, 15) is 0 Å². The monoisotopic (exact) mass is 275 g/mol. The first-order chi connectivity index (χ1) is 9.65. The molecule has 2 nitrogen and oxygen atoms in total. The first kappa shape index (κ1) is 15.4. The standard InChI is InChI=1S/C18H29NO/c1-14(2)20-18-11-7-8-16(12-18)13-19-15(3)17-9-5-4-6-10-17/h7-8,11-12,14-15,17,19H,4-6,9-10,13H2,1-3H3. The average Bonchev–Trinajstić information content (AvgIpc) is 2.45. The summed E-state index contributed by atoms with van der Waals surface area (Å²) < 4.78 is 5.75. The Kier molecular flexibility index (Phi) is 5.90. The van der Waals surface area contributed by atoms with Crippen LogP contribution in [0.15, 0.2) is 24.3 Å². The molecule has 0 bridgehead atoms. The maximum Gasteiger partial charge on any atom is 0.120 e. The number of ether oxygens (including phenoxy) is 1. The van der Waals surface area contributed by atoms with Gasteiger partial charge in [-0.25, -0.2) is 0 Å². The molecule has 0 radical (unpaired) electrons. The van der Waals surface area contributed by atoms with Gasteiger partial charge in [0, 0.05) is 12.6 Å². The van der Waals surface area contributed by atoms with Crippen molar-refractivity contribution in [2.45, 2.75) is 71.6 Å². The summed E-state index contributed by atoms with van der Waals surface area (Å²) >= 11 is 0. The van der Waals surface area contributed by atoms with Crippen LogP contribution in [0, 0.1) is 5.92 Å². The van der Waals surface area contributed by atoms with Crippen molar-refractivity contribution in [3.05, 3.63) is 29.8 Å². The number of hydrogen-bond donors (Lipinski definition) is 1. The lowest BCUT2D eigenvalue weighted by atomic mass is 9.84. The molecule has 1 unspecified atom stereocenters. The van der Waals surface area contributed by atoms with Gasteiger partial charge in [-0.2, -0.15) is 0 Å². The van der Waals surface area contributed by atoms with Gasteiger partial charge in [-0.05, 0) is 57.2 Å². The zero-order valence-corrected chi connectivity index (χ0v) is 13.2. The summed E-state index contributed by atoms with van der Waals surface area (Å²) in [5.41, 5.74) is 1.31. The van der Waals surface area contributed by atoms with Gasteiger partial charge in [0.25, 0.3) is 0 Å². The topological polar surface area (TPSA) is 21.3 Å². The van der Waals surface area contributed by atoms with Gasteiger partial charge in [0.05, 0.1) is 6.10 Å².